The quantitative estimate of drug-likeness (QED) is 0.519. The minimum absolute atomic E-state index is 0.000150. The van der Waals surface area contributed by atoms with Crippen LogP contribution in [0.4, 0.5) is 16.4 Å². The summed E-state index contributed by atoms with van der Waals surface area (Å²) in [7, 11) is -0.166. The molecule has 4 N–H and O–H groups in total. The molecule has 1 aliphatic rings. The summed E-state index contributed by atoms with van der Waals surface area (Å²) in [6.45, 7) is 3.95. The molecule has 1 saturated carbocycles. The van der Waals surface area contributed by atoms with Crippen LogP contribution < -0.4 is 10.6 Å². The number of carbonyl (C=O) groups is 2. The van der Waals surface area contributed by atoms with E-state index in [0.717, 1.165) is 31.4 Å². The molecular formula is C20H29N7O3. The monoisotopic (exact) mass is 416 g/mol. The Morgan fingerprint density at radius 2 is 2.20 bits per heavy atom. The molecule has 10 nitrogen and oxygen atoms in total. The van der Waals surface area contributed by atoms with Gasteiger partial charge >= 0.3 is 6.09 Å². The Hall–Kier alpha value is -3.17. The topological polar surface area (TPSA) is 136 Å². The van der Waals surface area contributed by atoms with Crippen LogP contribution in [0.1, 0.15) is 58.2 Å². The van der Waals surface area contributed by atoms with Gasteiger partial charge in [-0.15, -0.1) is 0 Å². The normalized spacial score (nSPS) is 19.7. The summed E-state index contributed by atoms with van der Waals surface area (Å²) in [5, 5.41) is 22.4. The van der Waals surface area contributed by atoms with Gasteiger partial charge < -0.3 is 20.6 Å². The number of likely N-dealkylation sites (N-methyl/N-ethyl adjacent to an activating group) is 1. The lowest BCUT2D eigenvalue weighted by molar-refractivity contribution is -0.120. The second-order valence-electron chi connectivity index (χ2n) is 7.61. The van der Waals surface area contributed by atoms with E-state index in [0.29, 0.717) is 17.3 Å². The van der Waals surface area contributed by atoms with Crippen molar-refractivity contribution in [3.8, 4) is 0 Å². The SMILES string of the molecule is [2H]CNC(=O)Cc1cnc(Nc2cc([C@H]3CC[C@@H](N(C(=O)O)[C@@H](C)CC)C3)[nH]n2)cn1. The largest absolute Gasteiger partial charge is 0.465 e. The van der Waals surface area contributed by atoms with E-state index in [1.807, 2.05) is 19.9 Å². The van der Waals surface area contributed by atoms with Gasteiger partial charge in [0.1, 0.15) is 5.82 Å². The molecular weight excluding hydrogens is 386 g/mol. The Morgan fingerprint density at radius 3 is 2.87 bits per heavy atom. The predicted octanol–water partition coefficient (Wildman–Crippen LogP) is 2.65. The predicted molar refractivity (Wildman–Crippen MR) is 112 cm³/mol. The summed E-state index contributed by atoms with van der Waals surface area (Å²) in [6, 6.07) is 1.93. The molecule has 0 bridgehead atoms. The zero-order valence-electron chi connectivity index (χ0n) is 18.3. The van der Waals surface area contributed by atoms with E-state index in [-0.39, 0.29) is 37.4 Å². The average Bonchev–Trinajstić information content (AvgIpc) is 3.39. The van der Waals surface area contributed by atoms with E-state index in [4.69, 9.17) is 1.37 Å². The third-order valence-electron chi connectivity index (χ3n) is 5.62. The first kappa shape index (κ1) is 20.1. The lowest BCUT2D eigenvalue weighted by Crippen LogP contribution is -2.44. The zero-order chi connectivity index (χ0) is 22.4. The first-order valence-electron chi connectivity index (χ1n) is 10.8. The van der Waals surface area contributed by atoms with Gasteiger partial charge in [-0.25, -0.2) is 9.78 Å². The number of rotatable bonds is 8. The van der Waals surface area contributed by atoms with Crippen molar-refractivity contribution in [3.63, 3.8) is 0 Å². The van der Waals surface area contributed by atoms with Crippen LogP contribution in [0, 0.1) is 0 Å². The Kier molecular flexibility index (Phi) is 6.41. The number of nitrogens with one attached hydrogen (secondary N) is 3. The standard InChI is InChI=1S/C20H29N7O3/c1-4-12(2)27(20(29)30)15-6-5-13(7-15)16-9-17(26-25-16)24-18-11-22-14(10-23-18)8-19(28)21-3/h9-13,15H,4-8H2,1-3H3,(H,21,28)(H,29,30)(H2,23,24,25,26)/t12-,13-,15+/m0/s1/i3D. The lowest BCUT2D eigenvalue weighted by Gasteiger charge is -2.31. The van der Waals surface area contributed by atoms with Gasteiger partial charge in [0.2, 0.25) is 5.91 Å². The molecule has 1 aliphatic carbocycles. The van der Waals surface area contributed by atoms with Crippen molar-refractivity contribution in [2.75, 3.05) is 12.3 Å². The molecule has 10 heteroatoms. The van der Waals surface area contributed by atoms with Crippen LogP contribution in [0.2, 0.25) is 0 Å². The number of carboxylic acid groups (broad SMARTS) is 1. The van der Waals surface area contributed by atoms with Crippen LogP contribution in [0.3, 0.4) is 0 Å². The number of anilines is 2. The van der Waals surface area contributed by atoms with Gasteiger partial charge in [-0.1, -0.05) is 6.92 Å². The van der Waals surface area contributed by atoms with Gasteiger partial charge in [-0.05, 0) is 32.6 Å². The van der Waals surface area contributed by atoms with Crippen LogP contribution in [0.15, 0.2) is 18.5 Å². The van der Waals surface area contributed by atoms with Gasteiger partial charge in [-0.3, -0.25) is 14.9 Å². The fraction of sp³-hybridized carbons (Fsp3) is 0.550. The van der Waals surface area contributed by atoms with Crippen LogP contribution in [0.5, 0.6) is 0 Å². The molecule has 3 atom stereocenters. The molecule has 2 amide bonds. The summed E-state index contributed by atoms with van der Waals surface area (Å²) in [6.07, 6.45) is 5.56. The molecule has 162 valence electrons. The number of H-pyrrole nitrogens is 1. The molecule has 0 aromatic carbocycles. The molecule has 0 aliphatic heterocycles. The molecule has 3 rings (SSSR count). The summed E-state index contributed by atoms with van der Waals surface area (Å²) in [5.74, 6) is 1.06. The highest BCUT2D eigenvalue weighted by molar-refractivity contribution is 5.77. The fourth-order valence-corrected chi connectivity index (χ4v) is 3.87. The van der Waals surface area contributed by atoms with Crippen molar-refractivity contribution in [1.82, 2.24) is 30.4 Å². The maximum atomic E-state index is 11.7. The van der Waals surface area contributed by atoms with Gasteiger partial charge in [0, 0.05) is 38.2 Å². The summed E-state index contributed by atoms with van der Waals surface area (Å²) >= 11 is 0. The number of nitrogens with zero attached hydrogens (tertiary/aromatic N) is 4. The first-order chi connectivity index (χ1) is 14.9. The highest BCUT2D eigenvalue weighted by Gasteiger charge is 2.35. The summed E-state index contributed by atoms with van der Waals surface area (Å²) in [4.78, 5) is 33.3. The number of hydrogen-bond acceptors (Lipinski definition) is 6. The summed E-state index contributed by atoms with van der Waals surface area (Å²) in [5.41, 5.74) is 1.48. The summed E-state index contributed by atoms with van der Waals surface area (Å²) < 4.78 is 6.98. The Balaban J connectivity index is 1.58. The van der Waals surface area contributed by atoms with E-state index in [1.165, 1.54) is 12.4 Å². The van der Waals surface area contributed by atoms with Crippen LogP contribution in [-0.4, -0.2) is 61.3 Å². The van der Waals surface area contributed by atoms with E-state index in [2.05, 4.69) is 30.8 Å². The zero-order valence-corrected chi connectivity index (χ0v) is 17.3. The van der Waals surface area contributed by atoms with E-state index >= 15 is 0 Å². The number of aromatic amines is 1. The van der Waals surface area contributed by atoms with Gasteiger partial charge in [0.25, 0.3) is 0 Å². The van der Waals surface area contributed by atoms with E-state index in [1.54, 1.807) is 4.90 Å². The number of amides is 2. The maximum Gasteiger partial charge on any atom is 0.407 e. The van der Waals surface area contributed by atoms with E-state index in [9.17, 15) is 14.7 Å². The first-order valence-corrected chi connectivity index (χ1v) is 10.1. The molecule has 0 spiro atoms. The van der Waals surface area contributed by atoms with Crippen molar-refractivity contribution in [1.29, 1.82) is 0 Å². The molecule has 2 aromatic rings. The fourth-order valence-electron chi connectivity index (χ4n) is 3.87. The molecule has 0 radical (unpaired) electrons. The molecule has 30 heavy (non-hydrogen) atoms. The highest BCUT2D eigenvalue weighted by atomic mass is 16.4. The molecule has 1 fully saturated rings. The molecule has 0 unspecified atom stereocenters. The third kappa shape index (κ3) is 5.05. The number of hydrogen-bond donors (Lipinski definition) is 4. The van der Waals surface area contributed by atoms with Crippen molar-refractivity contribution in [2.45, 2.75) is 64.0 Å². The van der Waals surface area contributed by atoms with Gasteiger partial charge in [-0.2, -0.15) is 5.10 Å². The van der Waals surface area contributed by atoms with Crippen LogP contribution >= 0.6 is 0 Å². The second kappa shape index (κ2) is 9.55. The second-order valence-corrected chi connectivity index (χ2v) is 7.61. The highest BCUT2D eigenvalue weighted by Crippen LogP contribution is 2.37. The van der Waals surface area contributed by atoms with E-state index < -0.39 is 6.09 Å². The minimum Gasteiger partial charge on any atom is -0.465 e. The lowest BCUT2D eigenvalue weighted by atomic mass is 10.0. The van der Waals surface area contributed by atoms with Gasteiger partial charge in [0.05, 0.1) is 24.5 Å². The van der Waals surface area contributed by atoms with Crippen LogP contribution in [0.25, 0.3) is 0 Å². The van der Waals surface area contributed by atoms with Crippen molar-refractivity contribution >= 4 is 23.6 Å². The Labute approximate surface area is 176 Å². The minimum atomic E-state index is -0.855. The van der Waals surface area contributed by atoms with Crippen LogP contribution in [-0.2, 0) is 11.2 Å². The molecule has 2 heterocycles. The average molecular weight is 417 g/mol. The maximum absolute atomic E-state index is 11.7. The Bertz CT molecular complexity index is 889. The number of aromatic nitrogens is 4. The van der Waals surface area contributed by atoms with Crippen molar-refractivity contribution in [3.05, 3.63) is 29.8 Å². The molecule has 0 saturated heterocycles. The smallest absolute Gasteiger partial charge is 0.407 e. The third-order valence-corrected chi connectivity index (χ3v) is 5.62. The van der Waals surface area contributed by atoms with Crippen molar-refractivity contribution in [2.24, 2.45) is 0 Å². The number of carbonyl (C=O) groups excluding carboxylic acids is 1. The Morgan fingerprint density at radius 1 is 1.37 bits per heavy atom. The molecule has 2 aromatic heterocycles. The van der Waals surface area contributed by atoms with Gasteiger partial charge in [0.15, 0.2) is 5.82 Å². The van der Waals surface area contributed by atoms with Crippen molar-refractivity contribution < 1.29 is 16.1 Å².